The summed E-state index contributed by atoms with van der Waals surface area (Å²) in [6.07, 6.45) is 3.00. The molecule has 1 saturated carbocycles. The first-order valence-electron chi connectivity index (χ1n) is 10.2. The molecular formula is C24H31NO2. The highest BCUT2D eigenvalue weighted by Gasteiger charge is 2.40. The maximum Gasteiger partial charge on any atom is 0.309 e. The zero-order valence-corrected chi connectivity index (χ0v) is 16.5. The molecule has 1 aliphatic carbocycles. The van der Waals surface area contributed by atoms with Crippen LogP contribution < -0.4 is 0 Å². The van der Waals surface area contributed by atoms with Crippen molar-refractivity contribution in [3.8, 4) is 0 Å². The van der Waals surface area contributed by atoms with Crippen molar-refractivity contribution in [3.63, 3.8) is 0 Å². The predicted molar refractivity (Wildman–Crippen MR) is 109 cm³/mol. The third-order valence-corrected chi connectivity index (χ3v) is 5.76. The number of carbonyl (C=O) groups excluding carboxylic acids is 1. The Morgan fingerprint density at radius 1 is 0.926 bits per heavy atom. The van der Waals surface area contributed by atoms with Gasteiger partial charge in [0.05, 0.1) is 12.5 Å². The molecule has 3 nitrogen and oxygen atoms in total. The molecule has 0 aromatic heterocycles. The number of benzene rings is 2. The summed E-state index contributed by atoms with van der Waals surface area (Å²) in [6.45, 7) is 6.37. The van der Waals surface area contributed by atoms with Crippen LogP contribution in [-0.4, -0.2) is 23.5 Å². The zero-order valence-electron chi connectivity index (χ0n) is 16.5. The smallest absolute Gasteiger partial charge is 0.309 e. The molecule has 3 atom stereocenters. The number of rotatable bonds is 8. The van der Waals surface area contributed by atoms with Gasteiger partial charge in [0.2, 0.25) is 0 Å². The van der Waals surface area contributed by atoms with Crippen molar-refractivity contribution in [2.24, 2.45) is 11.8 Å². The van der Waals surface area contributed by atoms with E-state index in [0.717, 1.165) is 32.4 Å². The Labute approximate surface area is 163 Å². The minimum atomic E-state index is -0.00813. The van der Waals surface area contributed by atoms with Crippen molar-refractivity contribution in [1.29, 1.82) is 0 Å². The maximum absolute atomic E-state index is 12.5. The maximum atomic E-state index is 12.5. The van der Waals surface area contributed by atoms with E-state index in [0.29, 0.717) is 18.6 Å². The Morgan fingerprint density at radius 3 is 1.96 bits per heavy atom. The van der Waals surface area contributed by atoms with E-state index < -0.39 is 0 Å². The van der Waals surface area contributed by atoms with Crippen LogP contribution in [0.5, 0.6) is 0 Å². The Morgan fingerprint density at radius 2 is 1.48 bits per heavy atom. The summed E-state index contributed by atoms with van der Waals surface area (Å²) in [7, 11) is 0. The van der Waals surface area contributed by atoms with Gasteiger partial charge in [-0.2, -0.15) is 0 Å². The third-order valence-electron chi connectivity index (χ3n) is 5.76. The zero-order chi connectivity index (χ0) is 19.1. The minimum Gasteiger partial charge on any atom is -0.466 e. The lowest BCUT2D eigenvalue weighted by Gasteiger charge is -2.29. The van der Waals surface area contributed by atoms with Gasteiger partial charge in [-0.3, -0.25) is 9.69 Å². The molecule has 0 amide bonds. The third kappa shape index (κ3) is 5.20. The molecule has 144 valence electrons. The van der Waals surface area contributed by atoms with Crippen LogP contribution in [0.2, 0.25) is 0 Å². The quantitative estimate of drug-likeness (QED) is 0.613. The van der Waals surface area contributed by atoms with Crippen LogP contribution in [0.4, 0.5) is 0 Å². The number of hydrogen-bond donors (Lipinski definition) is 0. The van der Waals surface area contributed by atoms with E-state index in [1.165, 1.54) is 11.1 Å². The van der Waals surface area contributed by atoms with E-state index in [-0.39, 0.29) is 11.9 Å². The summed E-state index contributed by atoms with van der Waals surface area (Å²) in [5.41, 5.74) is 2.64. The normalized spacial score (nSPS) is 22.1. The van der Waals surface area contributed by atoms with Crippen LogP contribution in [0.25, 0.3) is 0 Å². The lowest BCUT2D eigenvalue weighted by molar-refractivity contribution is -0.149. The number of ether oxygens (including phenoxy) is 1. The summed E-state index contributed by atoms with van der Waals surface area (Å²) < 4.78 is 5.37. The van der Waals surface area contributed by atoms with Gasteiger partial charge in [-0.15, -0.1) is 0 Å². The molecule has 1 aliphatic rings. The van der Waals surface area contributed by atoms with Crippen molar-refractivity contribution in [1.82, 2.24) is 4.90 Å². The fourth-order valence-electron chi connectivity index (χ4n) is 4.33. The number of hydrogen-bond acceptors (Lipinski definition) is 3. The van der Waals surface area contributed by atoms with Gasteiger partial charge >= 0.3 is 5.97 Å². The molecule has 1 unspecified atom stereocenters. The van der Waals surface area contributed by atoms with Crippen LogP contribution in [0.1, 0.15) is 44.2 Å². The average Bonchev–Trinajstić information content (AvgIpc) is 3.14. The SMILES string of the molecule is CCOC(=O)C1C[C@@H](N(Cc2ccccc2)Cc2ccccc2)C[C@H]1CC. The second-order valence-electron chi connectivity index (χ2n) is 7.53. The highest BCUT2D eigenvalue weighted by molar-refractivity contribution is 5.73. The first-order valence-corrected chi connectivity index (χ1v) is 10.2. The molecule has 0 radical (unpaired) electrons. The van der Waals surface area contributed by atoms with Crippen molar-refractivity contribution >= 4 is 5.97 Å². The van der Waals surface area contributed by atoms with Crippen LogP contribution in [-0.2, 0) is 22.6 Å². The second-order valence-corrected chi connectivity index (χ2v) is 7.53. The standard InChI is InChI=1S/C24H31NO2/c1-3-21-15-22(16-23(21)24(26)27-4-2)25(17-19-11-7-5-8-12-19)18-20-13-9-6-10-14-20/h5-14,21-23H,3-4,15-18H2,1-2H3/t21-,22+,23?/m1/s1. The van der Waals surface area contributed by atoms with Crippen molar-refractivity contribution < 1.29 is 9.53 Å². The van der Waals surface area contributed by atoms with E-state index in [4.69, 9.17) is 4.74 Å². The Kier molecular flexibility index (Phi) is 7.05. The lowest BCUT2D eigenvalue weighted by Crippen LogP contribution is -2.33. The van der Waals surface area contributed by atoms with E-state index in [1.54, 1.807) is 0 Å². The molecule has 3 heteroatoms. The molecular weight excluding hydrogens is 334 g/mol. The minimum absolute atomic E-state index is 0.00813. The summed E-state index contributed by atoms with van der Waals surface area (Å²) in [5, 5.41) is 0. The van der Waals surface area contributed by atoms with Gasteiger partial charge in [0.15, 0.2) is 0 Å². The fraction of sp³-hybridized carbons (Fsp3) is 0.458. The fourth-order valence-corrected chi connectivity index (χ4v) is 4.33. The number of nitrogens with zero attached hydrogens (tertiary/aromatic N) is 1. The average molecular weight is 366 g/mol. The van der Waals surface area contributed by atoms with Crippen molar-refractivity contribution in [3.05, 3.63) is 71.8 Å². The van der Waals surface area contributed by atoms with Gasteiger partial charge in [-0.05, 0) is 36.8 Å². The Hall–Kier alpha value is -2.13. The first kappa shape index (κ1) is 19.6. The van der Waals surface area contributed by atoms with E-state index in [1.807, 2.05) is 6.92 Å². The largest absolute Gasteiger partial charge is 0.466 e. The van der Waals surface area contributed by atoms with E-state index in [2.05, 4.69) is 72.5 Å². The summed E-state index contributed by atoms with van der Waals surface area (Å²) >= 11 is 0. The van der Waals surface area contributed by atoms with Gasteiger partial charge in [-0.1, -0.05) is 74.0 Å². The van der Waals surface area contributed by atoms with E-state index >= 15 is 0 Å². The predicted octanol–water partition coefficient (Wildman–Crippen LogP) is 5.06. The molecule has 27 heavy (non-hydrogen) atoms. The molecule has 0 bridgehead atoms. The summed E-state index contributed by atoms with van der Waals surface area (Å²) in [5.74, 6) is 0.448. The lowest BCUT2D eigenvalue weighted by atomic mass is 9.94. The highest BCUT2D eigenvalue weighted by atomic mass is 16.5. The highest BCUT2D eigenvalue weighted by Crippen LogP contribution is 2.38. The van der Waals surface area contributed by atoms with Gasteiger partial charge in [-0.25, -0.2) is 0 Å². The molecule has 3 rings (SSSR count). The topological polar surface area (TPSA) is 29.5 Å². The second kappa shape index (κ2) is 9.70. The van der Waals surface area contributed by atoms with Gasteiger partial charge < -0.3 is 4.74 Å². The van der Waals surface area contributed by atoms with Gasteiger partial charge in [0, 0.05) is 19.1 Å². The van der Waals surface area contributed by atoms with Gasteiger partial charge in [0.25, 0.3) is 0 Å². The van der Waals surface area contributed by atoms with Crippen LogP contribution in [0, 0.1) is 11.8 Å². The van der Waals surface area contributed by atoms with Crippen molar-refractivity contribution in [2.75, 3.05) is 6.61 Å². The molecule has 0 aliphatic heterocycles. The molecule has 0 N–H and O–H groups in total. The molecule has 0 spiro atoms. The van der Waals surface area contributed by atoms with Gasteiger partial charge in [0.1, 0.15) is 0 Å². The first-order chi connectivity index (χ1) is 13.2. The molecule has 0 saturated heterocycles. The molecule has 2 aromatic carbocycles. The molecule has 0 heterocycles. The van der Waals surface area contributed by atoms with Crippen molar-refractivity contribution in [2.45, 2.75) is 52.2 Å². The van der Waals surface area contributed by atoms with Crippen LogP contribution in [0.15, 0.2) is 60.7 Å². The van der Waals surface area contributed by atoms with Crippen LogP contribution >= 0.6 is 0 Å². The summed E-state index contributed by atoms with van der Waals surface area (Å²) in [4.78, 5) is 15.0. The Balaban J connectivity index is 1.78. The number of carbonyl (C=O) groups is 1. The monoisotopic (exact) mass is 365 g/mol. The van der Waals surface area contributed by atoms with Crippen LogP contribution in [0.3, 0.4) is 0 Å². The number of esters is 1. The Bertz CT molecular complexity index is 659. The molecule has 2 aromatic rings. The van der Waals surface area contributed by atoms with E-state index in [9.17, 15) is 4.79 Å². The summed E-state index contributed by atoms with van der Waals surface area (Å²) in [6, 6.07) is 21.7. The molecule has 1 fully saturated rings.